The minimum absolute atomic E-state index is 0.0485. The van der Waals surface area contributed by atoms with Gasteiger partial charge in [0.25, 0.3) is 5.91 Å². The zero-order valence-electron chi connectivity index (χ0n) is 16.3. The van der Waals surface area contributed by atoms with Crippen LogP contribution in [0.3, 0.4) is 0 Å². The molecule has 3 amide bonds. The average Bonchev–Trinajstić information content (AvgIpc) is 2.68. The number of hydrogen-bond donors (Lipinski definition) is 2. The zero-order valence-corrected chi connectivity index (χ0v) is 16.3. The first kappa shape index (κ1) is 20.1. The van der Waals surface area contributed by atoms with Crippen molar-refractivity contribution >= 4 is 34.4 Å². The van der Waals surface area contributed by atoms with Crippen LogP contribution in [0.1, 0.15) is 16.7 Å². The smallest absolute Gasteiger partial charge is 0.325 e. The Bertz CT molecular complexity index is 1080. The molecule has 6 heteroatoms. The molecule has 3 rings (SSSR count). The minimum Gasteiger partial charge on any atom is -0.455 e. The van der Waals surface area contributed by atoms with Crippen molar-refractivity contribution in [1.29, 1.82) is 0 Å². The van der Waals surface area contributed by atoms with Crippen molar-refractivity contribution in [3.63, 3.8) is 0 Å². The van der Waals surface area contributed by atoms with Crippen LogP contribution in [-0.2, 0) is 20.7 Å². The number of hydrogen-bond acceptors (Lipinski definition) is 4. The van der Waals surface area contributed by atoms with E-state index < -0.39 is 24.5 Å². The summed E-state index contributed by atoms with van der Waals surface area (Å²) in [5, 5.41) is 6.86. The third-order valence-corrected chi connectivity index (χ3v) is 4.41. The van der Waals surface area contributed by atoms with E-state index in [0.29, 0.717) is 5.69 Å². The number of urea groups is 1. The van der Waals surface area contributed by atoms with Gasteiger partial charge in [0.2, 0.25) is 0 Å². The number of carbonyl (C=O) groups excluding carboxylic acids is 3. The highest BCUT2D eigenvalue weighted by Gasteiger charge is 2.12. The Hall–Kier alpha value is -3.67. The Morgan fingerprint density at radius 1 is 0.897 bits per heavy atom. The number of esters is 1. The summed E-state index contributed by atoms with van der Waals surface area (Å²) in [5.41, 5.74) is 3.35. The SMILES string of the molecule is Cc1ccc(NC(=O)NC(=O)COC(=O)Cc2ccc3ccccc3c2)c(C)c1. The topological polar surface area (TPSA) is 84.5 Å². The van der Waals surface area contributed by atoms with Crippen LogP contribution in [0, 0.1) is 13.8 Å². The Morgan fingerprint density at radius 2 is 1.66 bits per heavy atom. The molecule has 3 aromatic carbocycles. The van der Waals surface area contributed by atoms with Gasteiger partial charge in [-0.25, -0.2) is 4.79 Å². The van der Waals surface area contributed by atoms with E-state index in [1.807, 2.05) is 68.4 Å². The van der Waals surface area contributed by atoms with E-state index >= 15 is 0 Å². The van der Waals surface area contributed by atoms with E-state index in [9.17, 15) is 14.4 Å². The summed E-state index contributed by atoms with van der Waals surface area (Å²) >= 11 is 0. The van der Waals surface area contributed by atoms with Crippen molar-refractivity contribution in [3.8, 4) is 0 Å². The lowest BCUT2D eigenvalue weighted by Crippen LogP contribution is -2.37. The monoisotopic (exact) mass is 390 g/mol. The summed E-state index contributed by atoms with van der Waals surface area (Å²) in [6, 6.07) is 18.4. The van der Waals surface area contributed by atoms with Crippen LogP contribution < -0.4 is 10.6 Å². The Labute approximate surface area is 168 Å². The molecular formula is C23H22N2O4. The van der Waals surface area contributed by atoms with E-state index in [-0.39, 0.29) is 6.42 Å². The summed E-state index contributed by atoms with van der Waals surface area (Å²) < 4.78 is 4.98. The summed E-state index contributed by atoms with van der Waals surface area (Å²) in [5.74, 6) is -1.23. The molecule has 148 valence electrons. The van der Waals surface area contributed by atoms with Gasteiger partial charge in [-0.15, -0.1) is 0 Å². The highest BCUT2D eigenvalue weighted by atomic mass is 16.5. The molecule has 0 saturated carbocycles. The molecule has 0 aliphatic carbocycles. The fourth-order valence-corrected chi connectivity index (χ4v) is 2.98. The van der Waals surface area contributed by atoms with Crippen molar-refractivity contribution in [2.24, 2.45) is 0 Å². The molecule has 0 bridgehead atoms. The van der Waals surface area contributed by atoms with Gasteiger partial charge in [-0.2, -0.15) is 0 Å². The molecule has 0 fully saturated rings. The molecule has 0 heterocycles. The summed E-state index contributed by atoms with van der Waals surface area (Å²) in [4.78, 5) is 35.8. The molecule has 29 heavy (non-hydrogen) atoms. The van der Waals surface area contributed by atoms with Crippen molar-refractivity contribution in [2.75, 3.05) is 11.9 Å². The highest BCUT2D eigenvalue weighted by Crippen LogP contribution is 2.17. The van der Waals surface area contributed by atoms with E-state index in [1.54, 1.807) is 6.07 Å². The third kappa shape index (κ3) is 5.65. The predicted octanol–water partition coefficient (Wildman–Crippen LogP) is 3.89. The maximum Gasteiger partial charge on any atom is 0.325 e. The van der Waals surface area contributed by atoms with Crippen molar-refractivity contribution < 1.29 is 19.1 Å². The first-order chi connectivity index (χ1) is 13.9. The summed E-state index contributed by atoms with van der Waals surface area (Å²) in [6.45, 7) is 3.29. The second-order valence-corrected chi connectivity index (χ2v) is 6.84. The van der Waals surface area contributed by atoms with Gasteiger partial charge in [-0.05, 0) is 41.8 Å². The van der Waals surface area contributed by atoms with Crippen molar-refractivity contribution in [1.82, 2.24) is 5.32 Å². The van der Waals surface area contributed by atoms with Crippen LogP contribution in [0.5, 0.6) is 0 Å². The second kappa shape index (κ2) is 9.01. The molecule has 6 nitrogen and oxygen atoms in total. The van der Waals surface area contributed by atoms with Crippen LogP contribution in [0.4, 0.5) is 10.5 Å². The second-order valence-electron chi connectivity index (χ2n) is 6.84. The van der Waals surface area contributed by atoms with Crippen LogP contribution in [0.25, 0.3) is 10.8 Å². The number of rotatable bonds is 5. The lowest BCUT2D eigenvalue weighted by Gasteiger charge is -2.10. The van der Waals surface area contributed by atoms with Gasteiger partial charge in [0.15, 0.2) is 6.61 Å². The molecule has 3 aromatic rings. The lowest BCUT2D eigenvalue weighted by molar-refractivity contribution is -0.147. The number of nitrogens with one attached hydrogen (secondary N) is 2. The van der Waals surface area contributed by atoms with Crippen molar-refractivity contribution in [3.05, 3.63) is 77.4 Å². The first-order valence-corrected chi connectivity index (χ1v) is 9.22. The summed E-state index contributed by atoms with van der Waals surface area (Å²) in [7, 11) is 0. The van der Waals surface area contributed by atoms with Gasteiger partial charge >= 0.3 is 12.0 Å². The number of ether oxygens (including phenoxy) is 1. The van der Waals surface area contributed by atoms with Gasteiger partial charge in [-0.1, -0.05) is 60.2 Å². The third-order valence-electron chi connectivity index (χ3n) is 4.41. The Balaban J connectivity index is 1.46. The minimum atomic E-state index is -0.695. The van der Waals surface area contributed by atoms with Gasteiger partial charge in [-0.3, -0.25) is 14.9 Å². The number of anilines is 1. The molecule has 0 aliphatic rings. The highest BCUT2D eigenvalue weighted by molar-refractivity contribution is 6.02. The normalized spacial score (nSPS) is 10.4. The van der Waals surface area contributed by atoms with Gasteiger partial charge in [0, 0.05) is 5.69 Å². The lowest BCUT2D eigenvalue weighted by atomic mass is 10.1. The molecule has 0 unspecified atom stereocenters. The van der Waals surface area contributed by atoms with Crippen LogP contribution in [-0.4, -0.2) is 24.5 Å². The number of benzene rings is 3. The number of imide groups is 1. The maximum atomic E-state index is 12.0. The van der Waals surface area contributed by atoms with Crippen LogP contribution in [0.15, 0.2) is 60.7 Å². The molecule has 0 aliphatic heterocycles. The average molecular weight is 390 g/mol. The molecule has 0 radical (unpaired) electrons. The maximum absolute atomic E-state index is 12.0. The molecule has 0 atom stereocenters. The number of carbonyl (C=O) groups is 3. The van der Waals surface area contributed by atoms with E-state index in [2.05, 4.69) is 10.6 Å². The molecule has 0 spiro atoms. The van der Waals surface area contributed by atoms with Gasteiger partial charge in [0.1, 0.15) is 0 Å². The van der Waals surface area contributed by atoms with Crippen LogP contribution in [0.2, 0.25) is 0 Å². The fraction of sp³-hybridized carbons (Fsp3) is 0.174. The van der Waals surface area contributed by atoms with Crippen molar-refractivity contribution in [2.45, 2.75) is 20.3 Å². The van der Waals surface area contributed by atoms with E-state index in [4.69, 9.17) is 4.74 Å². The van der Waals surface area contributed by atoms with Gasteiger partial charge < -0.3 is 10.1 Å². The molecule has 2 N–H and O–H groups in total. The number of amides is 3. The molecule has 0 saturated heterocycles. The van der Waals surface area contributed by atoms with Gasteiger partial charge in [0.05, 0.1) is 6.42 Å². The number of fused-ring (bicyclic) bond motifs is 1. The predicted molar refractivity (Wildman–Crippen MR) is 112 cm³/mol. The Kier molecular flexibility index (Phi) is 6.24. The first-order valence-electron chi connectivity index (χ1n) is 9.22. The van der Waals surface area contributed by atoms with E-state index in [1.165, 1.54) is 0 Å². The Morgan fingerprint density at radius 3 is 2.41 bits per heavy atom. The standard InChI is InChI=1S/C23H22N2O4/c1-15-7-10-20(16(2)11-15)24-23(28)25-21(26)14-29-22(27)13-17-8-9-18-5-3-4-6-19(18)12-17/h3-12H,13-14H2,1-2H3,(H2,24,25,26,28). The quantitative estimate of drug-likeness (QED) is 0.648. The van der Waals surface area contributed by atoms with E-state index in [0.717, 1.165) is 27.5 Å². The molecule has 0 aromatic heterocycles. The fourth-order valence-electron chi connectivity index (χ4n) is 2.98. The largest absolute Gasteiger partial charge is 0.455 e. The zero-order chi connectivity index (χ0) is 20.8. The van der Waals surface area contributed by atoms with Crippen LogP contribution >= 0.6 is 0 Å². The molecular weight excluding hydrogens is 368 g/mol. The number of aryl methyl sites for hydroxylation is 2. The summed E-state index contributed by atoms with van der Waals surface area (Å²) in [6.07, 6.45) is 0.0485.